The first kappa shape index (κ1) is 21.3. The zero-order chi connectivity index (χ0) is 20.1. The quantitative estimate of drug-likeness (QED) is 0.677. The third-order valence-corrected chi connectivity index (χ3v) is 6.97. The van der Waals surface area contributed by atoms with Crippen LogP contribution in [-0.4, -0.2) is 54.2 Å². The molecule has 156 valence electrons. The van der Waals surface area contributed by atoms with E-state index >= 15 is 0 Å². The SMILES string of the molecule is CCOC(=O)c1c(NC(=O)CN2CCCCC2CCO)sc2c1CCC(C)C2. The lowest BCUT2D eigenvalue weighted by Gasteiger charge is -2.34. The van der Waals surface area contributed by atoms with Crippen LogP contribution in [0.4, 0.5) is 5.00 Å². The van der Waals surface area contributed by atoms with Gasteiger partial charge in [0.15, 0.2) is 0 Å². The molecular formula is C21H32N2O4S. The Morgan fingerprint density at radius 2 is 2.14 bits per heavy atom. The molecule has 1 aromatic heterocycles. The Labute approximate surface area is 171 Å². The fraction of sp³-hybridized carbons (Fsp3) is 0.714. The second-order valence-electron chi connectivity index (χ2n) is 7.96. The molecule has 0 radical (unpaired) electrons. The smallest absolute Gasteiger partial charge is 0.341 e. The number of amides is 1. The number of nitrogens with one attached hydrogen (secondary N) is 1. The number of carbonyl (C=O) groups excluding carboxylic acids is 2. The summed E-state index contributed by atoms with van der Waals surface area (Å²) in [6.45, 7) is 5.67. The van der Waals surface area contributed by atoms with Gasteiger partial charge in [-0.15, -0.1) is 11.3 Å². The number of piperidine rings is 1. The van der Waals surface area contributed by atoms with E-state index in [0.29, 0.717) is 36.1 Å². The number of aliphatic hydroxyl groups excluding tert-OH is 1. The van der Waals surface area contributed by atoms with Gasteiger partial charge in [0, 0.05) is 17.5 Å². The van der Waals surface area contributed by atoms with Gasteiger partial charge in [-0.3, -0.25) is 9.69 Å². The van der Waals surface area contributed by atoms with Crippen molar-refractivity contribution in [3.05, 3.63) is 16.0 Å². The van der Waals surface area contributed by atoms with Gasteiger partial charge in [0.25, 0.3) is 0 Å². The summed E-state index contributed by atoms with van der Waals surface area (Å²) >= 11 is 1.53. The van der Waals surface area contributed by atoms with E-state index in [2.05, 4.69) is 17.1 Å². The lowest BCUT2D eigenvalue weighted by atomic mass is 9.88. The Kier molecular flexibility index (Phi) is 7.48. The van der Waals surface area contributed by atoms with Gasteiger partial charge in [-0.25, -0.2) is 4.79 Å². The first-order chi connectivity index (χ1) is 13.5. The average Bonchev–Trinajstić information content (AvgIpc) is 3.00. The predicted octanol–water partition coefficient (Wildman–Crippen LogP) is 3.23. The minimum Gasteiger partial charge on any atom is -0.462 e. The molecule has 1 aliphatic carbocycles. The van der Waals surface area contributed by atoms with Gasteiger partial charge in [0.2, 0.25) is 5.91 Å². The highest BCUT2D eigenvalue weighted by Crippen LogP contribution is 2.40. The molecule has 7 heteroatoms. The first-order valence-electron chi connectivity index (χ1n) is 10.5. The van der Waals surface area contributed by atoms with Crippen molar-refractivity contribution in [1.29, 1.82) is 0 Å². The number of aliphatic hydroxyl groups is 1. The third kappa shape index (κ3) is 4.93. The van der Waals surface area contributed by atoms with Crippen molar-refractivity contribution in [3.63, 3.8) is 0 Å². The molecule has 2 atom stereocenters. The van der Waals surface area contributed by atoms with E-state index in [1.54, 1.807) is 6.92 Å². The van der Waals surface area contributed by atoms with E-state index in [9.17, 15) is 14.7 Å². The van der Waals surface area contributed by atoms with Gasteiger partial charge in [0.1, 0.15) is 5.00 Å². The molecule has 28 heavy (non-hydrogen) atoms. The van der Waals surface area contributed by atoms with Crippen LogP contribution in [0.1, 0.15) is 66.8 Å². The molecule has 2 heterocycles. The van der Waals surface area contributed by atoms with Gasteiger partial charge < -0.3 is 15.2 Å². The zero-order valence-electron chi connectivity index (χ0n) is 17.0. The van der Waals surface area contributed by atoms with Crippen LogP contribution in [-0.2, 0) is 22.4 Å². The molecule has 0 saturated carbocycles. The van der Waals surface area contributed by atoms with Gasteiger partial charge in [-0.2, -0.15) is 0 Å². The van der Waals surface area contributed by atoms with Gasteiger partial charge >= 0.3 is 5.97 Å². The molecule has 0 bridgehead atoms. The van der Waals surface area contributed by atoms with E-state index in [1.165, 1.54) is 16.2 Å². The molecule has 0 aromatic carbocycles. The summed E-state index contributed by atoms with van der Waals surface area (Å²) in [7, 11) is 0. The van der Waals surface area contributed by atoms with Crippen molar-refractivity contribution in [2.24, 2.45) is 5.92 Å². The molecular weight excluding hydrogens is 376 g/mol. The molecule has 2 N–H and O–H groups in total. The molecule has 6 nitrogen and oxygen atoms in total. The largest absolute Gasteiger partial charge is 0.462 e. The van der Waals surface area contributed by atoms with Gasteiger partial charge in [-0.05, 0) is 63.5 Å². The van der Waals surface area contributed by atoms with Crippen LogP contribution in [0, 0.1) is 5.92 Å². The van der Waals surface area contributed by atoms with Crippen LogP contribution < -0.4 is 5.32 Å². The number of anilines is 1. The number of ether oxygens (including phenoxy) is 1. The number of likely N-dealkylation sites (tertiary alicyclic amines) is 1. The van der Waals surface area contributed by atoms with Crippen LogP contribution >= 0.6 is 11.3 Å². The maximum Gasteiger partial charge on any atom is 0.341 e. The van der Waals surface area contributed by atoms with Crippen LogP contribution in [0.3, 0.4) is 0 Å². The van der Waals surface area contributed by atoms with E-state index in [-0.39, 0.29) is 24.5 Å². The number of thiophene rings is 1. The van der Waals surface area contributed by atoms with E-state index in [4.69, 9.17) is 4.74 Å². The number of fused-ring (bicyclic) bond motifs is 1. The molecule has 1 aliphatic heterocycles. The van der Waals surface area contributed by atoms with Crippen LogP contribution in [0.25, 0.3) is 0 Å². The fourth-order valence-electron chi connectivity index (χ4n) is 4.35. The summed E-state index contributed by atoms with van der Waals surface area (Å²) in [5.41, 5.74) is 1.63. The standard InChI is InChI=1S/C21H32N2O4S/c1-3-27-21(26)19-16-8-7-14(2)12-17(16)28-20(19)22-18(25)13-23-10-5-4-6-15(23)9-11-24/h14-15,24H,3-13H2,1-2H3,(H,22,25). The zero-order valence-corrected chi connectivity index (χ0v) is 17.8. The van der Waals surface area contributed by atoms with E-state index < -0.39 is 0 Å². The highest BCUT2D eigenvalue weighted by Gasteiger charge is 2.30. The van der Waals surface area contributed by atoms with Crippen molar-refractivity contribution in [3.8, 4) is 0 Å². The summed E-state index contributed by atoms with van der Waals surface area (Å²) in [5.74, 6) is 0.167. The molecule has 1 saturated heterocycles. The highest BCUT2D eigenvalue weighted by atomic mass is 32.1. The highest BCUT2D eigenvalue weighted by molar-refractivity contribution is 7.17. The summed E-state index contributed by atoms with van der Waals surface area (Å²) in [5, 5.41) is 12.9. The monoisotopic (exact) mass is 408 g/mol. The first-order valence-corrected chi connectivity index (χ1v) is 11.3. The van der Waals surface area contributed by atoms with Crippen molar-refractivity contribution < 1.29 is 19.4 Å². The topological polar surface area (TPSA) is 78.9 Å². The Morgan fingerprint density at radius 3 is 2.89 bits per heavy atom. The minimum absolute atomic E-state index is 0.0953. The average molecular weight is 409 g/mol. The lowest BCUT2D eigenvalue weighted by molar-refractivity contribution is -0.118. The number of hydrogen-bond acceptors (Lipinski definition) is 6. The molecule has 3 rings (SSSR count). The number of rotatable bonds is 7. The summed E-state index contributed by atoms with van der Waals surface area (Å²) < 4.78 is 5.28. The molecule has 1 fully saturated rings. The van der Waals surface area contributed by atoms with Crippen LogP contribution in [0.15, 0.2) is 0 Å². The van der Waals surface area contributed by atoms with Gasteiger partial charge in [-0.1, -0.05) is 13.3 Å². The molecule has 2 aliphatic rings. The molecule has 1 amide bonds. The maximum absolute atomic E-state index is 12.8. The molecule has 2 unspecified atom stereocenters. The van der Waals surface area contributed by atoms with Crippen molar-refractivity contribution in [1.82, 2.24) is 4.90 Å². The molecule has 1 aromatic rings. The minimum atomic E-state index is -0.332. The van der Waals surface area contributed by atoms with Gasteiger partial charge in [0.05, 0.1) is 18.7 Å². The Hall–Kier alpha value is -1.44. The van der Waals surface area contributed by atoms with Crippen LogP contribution in [0.2, 0.25) is 0 Å². The van der Waals surface area contributed by atoms with E-state index in [0.717, 1.165) is 50.6 Å². The Bertz CT molecular complexity index is 701. The number of carbonyl (C=O) groups is 2. The molecule has 0 spiro atoms. The Morgan fingerprint density at radius 1 is 1.32 bits per heavy atom. The Balaban J connectivity index is 1.75. The summed E-state index contributed by atoms with van der Waals surface area (Å²) in [6.07, 6.45) is 6.81. The fourth-order valence-corrected chi connectivity index (χ4v) is 5.77. The van der Waals surface area contributed by atoms with Crippen molar-refractivity contribution in [2.75, 3.05) is 31.6 Å². The predicted molar refractivity (Wildman–Crippen MR) is 111 cm³/mol. The summed E-state index contributed by atoms with van der Waals surface area (Å²) in [6, 6.07) is 0.256. The van der Waals surface area contributed by atoms with Crippen LogP contribution in [0.5, 0.6) is 0 Å². The second-order valence-corrected chi connectivity index (χ2v) is 9.06. The van der Waals surface area contributed by atoms with Crippen molar-refractivity contribution in [2.45, 2.75) is 64.8 Å². The number of hydrogen-bond donors (Lipinski definition) is 2. The number of nitrogens with zero attached hydrogens (tertiary/aromatic N) is 1. The summed E-state index contributed by atoms with van der Waals surface area (Å²) in [4.78, 5) is 28.7. The van der Waals surface area contributed by atoms with Crippen molar-refractivity contribution >= 4 is 28.2 Å². The lowest BCUT2D eigenvalue weighted by Crippen LogP contribution is -2.44. The maximum atomic E-state index is 12.8. The normalized spacial score (nSPS) is 22.5. The third-order valence-electron chi connectivity index (χ3n) is 5.80. The van der Waals surface area contributed by atoms with E-state index in [1.807, 2.05) is 0 Å². The second kappa shape index (κ2) is 9.85. The number of esters is 1.